The van der Waals surface area contributed by atoms with E-state index >= 15 is 0 Å². The van der Waals surface area contributed by atoms with Crippen molar-refractivity contribution in [1.29, 1.82) is 0 Å². The summed E-state index contributed by atoms with van der Waals surface area (Å²) in [5.74, 6) is 0.950. The van der Waals surface area contributed by atoms with Gasteiger partial charge in [0, 0.05) is 24.6 Å². The molecule has 0 fully saturated rings. The molecule has 112 valence electrons. The molecule has 0 bridgehead atoms. The van der Waals surface area contributed by atoms with Crippen LogP contribution in [0.15, 0.2) is 47.3 Å². The first kappa shape index (κ1) is 15.3. The quantitative estimate of drug-likeness (QED) is 0.851. The Morgan fingerprint density at radius 2 is 2.05 bits per heavy atom. The molecular weight excluding hydrogens is 268 g/mol. The molecule has 2 rings (SSSR count). The summed E-state index contributed by atoms with van der Waals surface area (Å²) in [5, 5.41) is 2.92. The van der Waals surface area contributed by atoms with Gasteiger partial charge in [0.2, 0.25) is 0 Å². The van der Waals surface area contributed by atoms with Gasteiger partial charge in [-0.3, -0.25) is 9.78 Å². The predicted octanol–water partition coefficient (Wildman–Crippen LogP) is 2.82. The number of furan rings is 1. The van der Waals surface area contributed by atoms with Gasteiger partial charge in [-0.1, -0.05) is 13.8 Å². The molecule has 5 nitrogen and oxygen atoms in total. The summed E-state index contributed by atoms with van der Waals surface area (Å²) in [6.45, 7) is 5.18. The lowest BCUT2D eigenvalue weighted by Gasteiger charge is -2.17. The molecule has 0 radical (unpaired) electrons. The van der Waals surface area contributed by atoms with E-state index in [1.807, 2.05) is 6.07 Å². The van der Waals surface area contributed by atoms with Gasteiger partial charge in [0.1, 0.15) is 11.8 Å². The summed E-state index contributed by atoms with van der Waals surface area (Å²) < 4.78 is 11.0. The van der Waals surface area contributed by atoms with Crippen molar-refractivity contribution in [2.75, 3.05) is 13.2 Å². The van der Waals surface area contributed by atoms with Crippen molar-refractivity contribution < 1.29 is 13.9 Å². The minimum absolute atomic E-state index is 0.174. The van der Waals surface area contributed by atoms with Gasteiger partial charge in [-0.15, -0.1) is 0 Å². The van der Waals surface area contributed by atoms with E-state index < -0.39 is 0 Å². The molecule has 21 heavy (non-hydrogen) atoms. The Bertz CT molecular complexity index is 538. The lowest BCUT2D eigenvalue weighted by atomic mass is 10.2. The predicted molar refractivity (Wildman–Crippen MR) is 78.8 cm³/mol. The molecule has 2 aromatic heterocycles. The largest absolute Gasteiger partial charge is 0.467 e. The smallest absolute Gasteiger partial charge is 0.252 e. The van der Waals surface area contributed by atoms with Gasteiger partial charge in [-0.05, 0) is 30.2 Å². The van der Waals surface area contributed by atoms with Crippen LogP contribution in [0.2, 0.25) is 0 Å². The fraction of sp³-hybridized carbons (Fsp3) is 0.375. The number of carbonyl (C=O) groups excluding carboxylic acids is 1. The molecule has 0 aliphatic rings. The maximum Gasteiger partial charge on any atom is 0.252 e. The van der Waals surface area contributed by atoms with E-state index in [1.165, 1.54) is 0 Å². The van der Waals surface area contributed by atoms with E-state index in [2.05, 4.69) is 24.1 Å². The van der Waals surface area contributed by atoms with Crippen LogP contribution in [0.25, 0.3) is 0 Å². The fourth-order valence-electron chi connectivity index (χ4n) is 1.85. The molecule has 0 unspecified atom stereocenters. The second-order valence-corrected chi connectivity index (χ2v) is 5.21. The zero-order chi connectivity index (χ0) is 15.1. The highest BCUT2D eigenvalue weighted by molar-refractivity contribution is 5.94. The number of rotatable bonds is 7. The van der Waals surface area contributed by atoms with E-state index in [0.29, 0.717) is 30.5 Å². The molecule has 2 aromatic rings. The number of ether oxygens (including phenoxy) is 1. The third-order valence-corrected chi connectivity index (χ3v) is 2.87. The van der Waals surface area contributed by atoms with E-state index in [1.54, 1.807) is 36.9 Å². The number of amides is 1. The van der Waals surface area contributed by atoms with Crippen molar-refractivity contribution in [2.45, 2.75) is 19.9 Å². The molecule has 0 saturated heterocycles. The molecule has 0 spiro atoms. The number of nitrogens with one attached hydrogen (secondary N) is 1. The average Bonchev–Trinajstić information content (AvgIpc) is 3.01. The number of aromatic nitrogens is 1. The lowest BCUT2D eigenvalue weighted by molar-refractivity contribution is 0.0730. The standard InChI is InChI=1S/C16H20N2O3/c1-12(2)10-20-11-14(15-4-3-9-21-15)18-16(19)13-5-7-17-8-6-13/h3-9,12,14H,10-11H2,1-2H3,(H,18,19)/t14-/m0/s1. The zero-order valence-electron chi connectivity index (χ0n) is 12.3. The summed E-state index contributed by atoms with van der Waals surface area (Å²) in [6, 6.07) is 6.66. The Labute approximate surface area is 124 Å². The van der Waals surface area contributed by atoms with Crippen molar-refractivity contribution in [2.24, 2.45) is 5.92 Å². The summed E-state index contributed by atoms with van der Waals surface area (Å²) in [7, 11) is 0. The minimum Gasteiger partial charge on any atom is -0.467 e. The van der Waals surface area contributed by atoms with E-state index in [-0.39, 0.29) is 11.9 Å². The van der Waals surface area contributed by atoms with Crippen molar-refractivity contribution in [3.63, 3.8) is 0 Å². The first-order valence-electron chi connectivity index (χ1n) is 6.99. The van der Waals surface area contributed by atoms with E-state index in [0.717, 1.165) is 0 Å². The number of hydrogen-bond donors (Lipinski definition) is 1. The molecule has 0 aliphatic heterocycles. The molecule has 0 aliphatic carbocycles. The van der Waals surface area contributed by atoms with Crippen LogP contribution in [0.5, 0.6) is 0 Å². The van der Waals surface area contributed by atoms with Crippen molar-refractivity contribution >= 4 is 5.91 Å². The first-order chi connectivity index (χ1) is 10.2. The summed E-state index contributed by atoms with van der Waals surface area (Å²) >= 11 is 0. The Morgan fingerprint density at radius 1 is 1.29 bits per heavy atom. The second-order valence-electron chi connectivity index (χ2n) is 5.21. The molecule has 1 atom stereocenters. The second kappa shape index (κ2) is 7.59. The number of nitrogens with zero attached hydrogens (tertiary/aromatic N) is 1. The summed E-state index contributed by atoms with van der Waals surface area (Å²) in [6.07, 6.45) is 4.77. The Morgan fingerprint density at radius 3 is 2.67 bits per heavy atom. The molecule has 2 heterocycles. The SMILES string of the molecule is CC(C)COC[C@H](NC(=O)c1ccncc1)c1ccco1. The van der Waals surface area contributed by atoms with Crippen LogP contribution >= 0.6 is 0 Å². The van der Waals surface area contributed by atoms with Crippen LogP contribution in [0.3, 0.4) is 0 Å². The van der Waals surface area contributed by atoms with Gasteiger partial charge < -0.3 is 14.5 Å². The normalized spacial score (nSPS) is 12.3. The van der Waals surface area contributed by atoms with Crippen molar-refractivity contribution in [1.82, 2.24) is 10.3 Å². The highest BCUT2D eigenvalue weighted by Crippen LogP contribution is 2.15. The highest BCUT2D eigenvalue weighted by atomic mass is 16.5. The van der Waals surface area contributed by atoms with Gasteiger partial charge in [-0.2, -0.15) is 0 Å². The third-order valence-electron chi connectivity index (χ3n) is 2.87. The molecular formula is C16H20N2O3. The highest BCUT2D eigenvalue weighted by Gasteiger charge is 2.18. The Hall–Kier alpha value is -2.14. The van der Waals surface area contributed by atoms with Gasteiger partial charge in [-0.25, -0.2) is 0 Å². The number of pyridine rings is 1. The van der Waals surface area contributed by atoms with Crippen LogP contribution in [-0.2, 0) is 4.74 Å². The van der Waals surface area contributed by atoms with Crippen molar-refractivity contribution in [3.05, 3.63) is 54.2 Å². The van der Waals surface area contributed by atoms with Crippen LogP contribution in [-0.4, -0.2) is 24.1 Å². The lowest BCUT2D eigenvalue weighted by Crippen LogP contribution is -2.31. The topological polar surface area (TPSA) is 64.4 Å². The average molecular weight is 288 g/mol. The van der Waals surface area contributed by atoms with Crippen LogP contribution < -0.4 is 5.32 Å². The van der Waals surface area contributed by atoms with E-state index in [9.17, 15) is 4.79 Å². The molecule has 0 aromatic carbocycles. The first-order valence-corrected chi connectivity index (χ1v) is 6.99. The Kier molecular flexibility index (Phi) is 5.51. The maximum atomic E-state index is 12.2. The number of carbonyl (C=O) groups is 1. The van der Waals surface area contributed by atoms with Gasteiger partial charge in [0.15, 0.2) is 0 Å². The van der Waals surface area contributed by atoms with Gasteiger partial charge in [0.25, 0.3) is 5.91 Å². The van der Waals surface area contributed by atoms with Crippen LogP contribution in [0.4, 0.5) is 0 Å². The third kappa shape index (κ3) is 4.72. The molecule has 0 saturated carbocycles. The zero-order valence-corrected chi connectivity index (χ0v) is 12.3. The van der Waals surface area contributed by atoms with E-state index in [4.69, 9.17) is 9.15 Å². The monoisotopic (exact) mass is 288 g/mol. The van der Waals surface area contributed by atoms with Gasteiger partial charge in [0.05, 0.1) is 12.9 Å². The molecule has 5 heteroatoms. The fourth-order valence-corrected chi connectivity index (χ4v) is 1.85. The van der Waals surface area contributed by atoms with Gasteiger partial charge >= 0.3 is 0 Å². The molecule has 1 amide bonds. The maximum absolute atomic E-state index is 12.2. The molecule has 1 N–H and O–H groups in total. The minimum atomic E-state index is -0.306. The van der Waals surface area contributed by atoms with Crippen molar-refractivity contribution in [3.8, 4) is 0 Å². The number of hydrogen-bond acceptors (Lipinski definition) is 4. The van der Waals surface area contributed by atoms with Crippen LogP contribution in [0.1, 0.15) is 36.0 Å². The van der Waals surface area contributed by atoms with Crippen LogP contribution in [0, 0.1) is 5.92 Å². The summed E-state index contributed by atoms with van der Waals surface area (Å²) in [4.78, 5) is 16.1. The Balaban J connectivity index is 2.00. The summed E-state index contributed by atoms with van der Waals surface area (Å²) in [5.41, 5.74) is 0.561.